The number of hydrogen-bond acceptors (Lipinski definition) is 5. The second-order valence-corrected chi connectivity index (χ2v) is 8.17. The first-order valence-electron chi connectivity index (χ1n) is 8.79. The van der Waals surface area contributed by atoms with E-state index in [4.69, 9.17) is 9.47 Å². The summed E-state index contributed by atoms with van der Waals surface area (Å²) in [6, 6.07) is 5.02. The summed E-state index contributed by atoms with van der Waals surface area (Å²) >= 11 is 0. The lowest BCUT2D eigenvalue weighted by Gasteiger charge is -2.18. The largest absolute Gasteiger partial charge is 0.534 e. The SMILES string of the molecule is COc1ccc(C2=C(OS(=O)(=O)C(F)(F)F)CCC2)cc1OC1CCCC1. The van der Waals surface area contributed by atoms with E-state index in [1.54, 1.807) is 18.2 Å². The third-order valence-electron chi connectivity index (χ3n) is 4.77. The van der Waals surface area contributed by atoms with Gasteiger partial charge in [-0.25, -0.2) is 0 Å². The molecule has 0 spiro atoms. The van der Waals surface area contributed by atoms with Crippen molar-refractivity contribution in [1.29, 1.82) is 0 Å². The van der Waals surface area contributed by atoms with Crippen molar-refractivity contribution < 1.29 is 35.2 Å². The Morgan fingerprint density at radius 3 is 2.37 bits per heavy atom. The molecule has 9 heteroatoms. The van der Waals surface area contributed by atoms with Crippen LogP contribution in [0.5, 0.6) is 11.5 Å². The predicted molar refractivity (Wildman–Crippen MR) is 92.7 cm³/mol. The first-order valence-corrected chi connectivity index (χ1v) is 10.2. The number of allylic oxidation sites excluding steroid dienone is 2. The molecule has 1 fully saturated rings. The molecule has 0 bridgehead atoms. The zero-order valence-corrected chi connectivity index (χ0v) is 15.7. The smallest absolute Gasteiger partial charge is 0.493 e. The second-order valence-electron chi connectivity index (χ2n) is 6.63. The Hall–Kier alpha value is -1.90. The molecule has 3 rings (SSSR count). The van der Waals surface area contributed by atoms with Gasteiger partial charge < -0.3 is 13.7 Å². The molecule has 5 nitrogen and oxygen atoms in total. The van der Waals surface area contributed by atoms with Gasteiger partial charge in [0.2, 0.25) is 0 Å². The van der Waals surface area contributed by atoms with Crippen LogP contribution in [0.25, 0.3) is 5.57 Å². The minimum absolute atomic E-state index is 0.0769. The topological polar surface area (TPSA) is 61.8 Å². The molecule has 1 aromatic carbocycles. The third-order valence-corrected chi connectivity index (χ3v) is 5.76. The average molecular weight is 406 g/mol. The van der Waals surface area contributed by atoms with Gasteiger partial charge in [0.05, 0.1) is 13.2 Å². The Labute approximate surface area is 156 Å². The van der Waals surface area contributed by atoms with E-state index in [1.807, 2.05) is 0 Å². The highest BCUT2D eigenvalue weighted by molar-refractivity contribution is 7.87. The number of methoxy groups -OCH3 is 1. The molecule has 0 atom stereocenters. The molecule has 1 aromatic rings. The first-order chi connectivity index (χ1) is 12.7. The van der Waals surface area contributed by atoms with Gasteiger partial charge in [0, 0.05) is 6.42 Å². The van der Waals surface area contributed by atoms with Gasteiger partial charge in [-0.1, -0.05) is 6.07 Å². The Kier molecular flexibility index (Phi) is 5.60. The molecule has 0 saturated heterocycles. The van der Waals surface area contributed by atoms with E-state index in [0.29, 0.717) is 35.5 Å². The van der Waals surface area contributed by atoms with Crippen molar-refractivity contribution in [2.45, 2.75) is 56.6 Å². The van der Waals surface area contributed by atoms with Crippen LogP contribution in [-0.4, -0.2) is 27.1 Å². The summed E-state index contributed by atoms with van der Waals surface area (Å²) in [6.45, 7) is 0. The van der Waals surface area contributed by atoms with Crippen LogP contribution in [0.3, 0.4) is 0 Å². The summed E-state index contributed by atoms with van der Waals surface area (Å²) < 4.78 is 76.3. The lowest BCUT2D eigenvalue weighted by Crippen LogP contribution is -2.25. The molecule has 0 radical (unpaired) electrons. The quantitative estimate of drug-likeness (QED) is 0.503. The number of hydrogen-bond donors (Lipinski definition) is 0. The molecule has 0 amide bonds. The highest BCUT2D eigenvalue weighted by atomic mass is 32.2. The van der Waals surface area contributed by atoms with Gasteiger partial charge in [-0.05, 0) is 61.8 Å². The summed E-state index contributed by atoms with van der Waals surface area (Å²) in [5, 5.41) is 0. The lowest BCUT2D eigenvalue weighted by atomic mass is 10.0. The zero-order chi connectivity index (χ0) is 19.7. The number of halogens is 3. The van der Waals surface area contributed by atoms with E-state index in [0.717, 1.165) is 25.7 Å². The van der Waals surface area contributed by atoms with Crippen molar-refractivity contribution in [3.8, 4) is 11.5 Å². The fourth-order valence-corrected chi connectivity index (χ4v) is 3.98. The summed E-state index contributed by atoms with van der Waals surface area (Å²) in [7, 11) is -4.17. The van der Waals surface area contributed by atoms with Crippen molar-refractivity contribution in [2.24, 2.45) is 0 Å². The molecule has 150 valence electrons. The normalized spacial score (nSPS) is 18.8. The molecule has 0 aromatic heterocycles. The van der Waals surface area contributed by atoms with Crippen LogP contribution in [0.15, 0.2) is 24.0 Å². The third kappa shape index (κ3) is 4.34. The molecule has 0 N–H and O–H groups in total. The summed E-state index contributed by atoms with van der Waals surface area (Å²) in [5.41, 5.74) is -4.43. The van der Waals surface area contributed by atoms with Crippen LogP contribution in [-0.2, 0) is 14.3 Å². The lowest BCUT2D eigenvalue weighted by molar-refractivity contribution is -0.0522. The molecule has 0 unspecified atom stereocenters. The van der Waals surface area contributed by atoms with Crippen LogP contribution in [0.4, 0.5) is 13.2 Å². The van der Waals surface area contributed by atoms with Crippen LogP contribution in [0.2, 0.25) is 0 Å². The first kappa shape index (κ1) is 19.9. The van der Waals surface area contributed by atoms with Crippen molar-refractivity contribution in [3.05, 3.63) is 29.5 Å². The molecular formula is C18H21F3O5S. The Morgan fingerprint density at radius 2 is 1.74 bits per heavy atom. The van der Waals surface area contributed by atoms with Crippen molar-refractivity contribution in [3.63, 3.8) is 0 Å². The molecule has 2 aliphatic carbocycles. The van der Waals surface area contributed by atoms with Gasteiger partial charge in [0.15, 0.2) is 11.5 Å². The number of ether oxygens (including phenoxy) is 2. The molecular weight excluding hydrogens is 385 g/mol. The van der Waals surface area contributed by atoms with Crippen molar-refractivity contribution >= 4 is 15.7 Å². The van der Waals surface area contributed by atoms with Crippen LogP contribution >= 0.6 is 0 Å². The van der Waals surface area contributed by atoms with Crippen molar-refractivity contribution in [1.82, 2.24) is 0 Å². The fourth-order valence-electron chi connectivity index (χ4n) is 3.44. The van der Waals surface area contributed by atoms with Gasteiger partial charge in [-0.3, -0.25) is 0 Å². The monoisotopic (exact) mass is 406 g/mol. The average Bonchev–Trinajstić information content (AvgIpc) is 3.25. The highest BCUT2D eigenvalue weighted by Gasteiger charge is 2.49. The summed E-state index contributed by atoms with van der Waals surface area (Å²) in [5.74, 6) is 0.860. The Morgan fingerprint density at radius 1 is 1.04 bits per heavy atom. The number of alkyl halides is 3. The maximum atomic E-state index is 12.6. The van der Waals surface area contributed by atoms with Gasteiger partial charge in [0.1, 0.15) is 5.76 Å². The molecule has 27 heavy (non-hydrogen) atoms. The predicted octanol–water partition coefficient (Wildman–Crippen LogP) is 4.78. The van der Waals surface area contributed by atoms with E-state index < -0.39 is 15.6 Å². The van der Waals surface area contributed by atoms with Crippen LogP contribution in [0.1, 0.15) is 50.5 Å². The zero-order valence-electron chi connectivity index (χ0n) is 14.8. The second kappa shape index (κ2) is 7.61. The van der Waals surface area contributed by atoms with Gasteiger partial charge in [-0.15, -0.1) is 0 Å². The number of benzene rings is 1. The van der Waals surface area contributed by atoms with Gasteiger partial charge >= 0.3 is 15.6 Å². The van der Waals surface area contributed by atoms with Gasteiger partial charge in [-0.2, -0.15) is 21.6 Å². The maximum absolute atomic E-state index is 12.6. The summed E-state index contributed by atoms with van der Waals surface area (Å²) in [4.78, 5) is 0. The fraction of sp³-hybridized carbons (Fsp3) is 0.556. The Bertz CT molecular complexity index is 824. The van der Waals surface area contributed by atoms with Gasteiger partial charge in [0.25, 0.3) is 0 Å². The number of rotatable bonds is 6. The minimum atomic E-state index is -5.68. The maximum Gasteiger partial charge on any atom is 0.534 e. The van der Waals surface area contributed by atoms with E-state index in [2.05, 4.69) is 4.18 Å². The van der Waals surface area contributed by atoms with E-state index >= 15 is 0 Å². The molecule has 1 saturated carbocycles. The Balaban J connectivity index is 1.91. The molecule has 0 aliphatic heterocycles. The van der Waals surface area contributed by atoms with Crippen LogP contribution in [0, 0.1) is 0 Å². The van der Waals surface area contributed by atoms with E-state index in [-0.39, 0.29) is 18.3 Å². The minimum Gasteiger partial charge on any atom is -0.493 e. The van der Waals surface area contributed by atoms with Crippen LogP contribution < -0.4 is 9.47 Å². The van der Waals surface area contributed by atoms with E-state index in [9.17, 15) is 21.6 Å². The molecule has 2 aliphatic rings. The van der Waals surface area contributed by atoms with E-state index in [1.165, 1.54) is 7.11 Å². The summed E-state index contributed by atoms with van der Waals surface area (Å²) in [6.07, 6.45) is 5.21. The molecule has 0 heterocycles. The highest BCUT2D eigenvalue weighted by Crippen LogP contribution is 2.41. The standard InChI is InChI=1S/C18H21F3O5S/c1-24-16-10-9-12(11-17(16)25-13-5-2-3-6-13)14-7-4-8-15(14)26-27(22,23)18(19,20)21/h9-11,13H,2-8H2,1H3. The van der Waals surface area contributed by atoms with Crippen molar-refractivity contribution in [2.75, 3.05) is 7.11 Å².